The summed E-state index contributed by atoms with van der Waals surface area (Å²) in [6, 6.07) is 7.99. The molecular formula is C20H31N3O2. The minimum atomic E-state index is -0.281. The Morgan fingerprint density at radius 3 is 2.04 bits per heavy atom. The fraction of sp³-hybridized carbons (Fsp3) is 0.600. The Balaban J connectivity index is 1.84. The SMILES string of the molecule is CC(C)N(CCNC(=O)c1ccc(C(=O)NC(C)(C)C)cc1)C1CC1. The van der Waals surface area contributed by atoms with Crippen LogP contribution in [0.3, 0.4) is 0 Å². The second-order valence-electron chi connectivity index (χ2n) is 8.10. The van der Waals surface area contributed by atoms with Gasteiger partial charge in [0, 0.05) is 41.8 Å². The largest absolute Gasteiger partial charge is 0.351 e. The molecule has 5 nitrogen and oxygen atoms in total. The number of nitrogens with zero attached hydrogens (tertiary/aromatic N) is 1. The van der Waals surface area contributed by atoms with Crippen molar-refractivity contribution in [3.05, 3.63) is 35.4 Å². The summed E-state index contributed by atoms with van der Waals surface area (Å²) in [5.74, 6) is -0.223. The monoisotopic (exact) mass is 345 g/mol. The van der Waals surface area contributed by atoms with Gasteiger partial charge in [-0.25, -0.2) is 0 Å². The zero-order valence-corrected chi connectivity index (χ0v) is 16.1. The first-order valence-electron chi connectivity index (χ1n) is 9.14. The summed E-state index contributed by atoms with van der Waals surface area (Å²) in [7, 11) is 0. The van der Waals surface area contributed by atoms with Crippen LogP contribution in [0.4, 0.5) is 0 Å². The third-order valence-corrected chi connectivity index (χ3v) is 4.23. The van der Waals surface area contributed by atoms with Crippen molar-refractivity contribution < 1.29 is 9.59 Å². The van der Waals surface area contributed by atoms with Gasteiger partial charge in [-0.05, 0) is 71.7 Å². The Kier molecular flexibility index (Phi) is 6.22. The van der Waals surface area contributed by atoms with E-state index in [9.17, 15) is 9.59 Å². The standard InChI is InChI=1S/C20H31N3O2/c1-14(2)23(17-10-11-17)13-12-21-18(24)15-6-8-16(9-7-15)19(25)22-20(3,4)5/h6-9,14,17H,10-13H2,1-5H3,(H,21,24)(H,22,25). The predicted octanol–water partition coefficient (Wildman–Crippen LogP) is 2.82. The minimum Gasteiger partial charge on any atom is -0.351 e. The van der Waals surface area contributed by atoms with Gasteiger partial charge in [0.25, 0.3) is 11.8 Å². The average Bonchev–Trinajstić information content (AvgIpc) is 3.34. The van der Waals surface area contributed by atoms with Crippen LogP contribution < -0.4 is 10.6 Å². The smallest absolute Gasteiger partial charge is 0.251 e. The van der Waals surface area contributed by atoms with E-state index in [0.29, 0.717) is 29.8 Å². The highest BCUT2D eigenvalue weighted by molar-refractivity contribution is 5.98. The fourth-order valence-electron chi connectivity index (χ4n) is 2.85. The summed E-state index contributed by atoms with van der Waals surface area (Å²) in [5, 5.41) is 5.89. The maximum Gasteiger partial charge on any atom is 0.251 e. The van der Waals surface area contributed by atoms with E-state index in [-0.39, 0.29) is 17.4 Å². The van der Waals surface area contributed by atoms with Crippen molar-refractivity contribution >= 4 is 11.8 Å². The van der Waals surface area contributed by atoms with Crippen LogP contribution >= 0.6 is 0 Å². The number of hydrogen-bond donors (Lipinski definition) is 2. The second kappa shape index (κ2) is 8.00. The lowest BCUT2D eigenvalue weighted by atomic mass is 10.1. The Morgan fingerprint density at radius 2 is 1.60 bits per heavy atom. The van der Waals surface area contributed by atoms with E-state index in [1.165, 1.54) is 12.8 Å². The molecule has 1 fully saturated rings. The minimum absolute atomic E-state index is 0.0951. The number of hydrogen-bond acceptors (Lipinski definition) is 3. The van der Waals surface area contributed by atoms with Crippen LogP contribution in [0.5, 0.6) is 0 Å². The van der Waals surface area contributed by atoms with Crippen LogP contribution in [-0.2, 0) is 0 Å². The van der Waals surface area contributed by atoms with Crippen molar-refractivity contribution in [3.8, 4) is 0 Å². The summed E-state index contributed by atoms with van der Waals surface area (Å²) in [6.07, 6.45) is 2.54. The number of carbonyl (C=O) groups is 2. The Morgan fingerprint density at radius 1 is 1.08 bits per heavy atom. The van der Waals surface area contributed by atoms with Crippen molar-refractivity contribution in [2.24, 2.45) is 0 Å². The molecule has 0 saturated heterocycles. The number of nitrogens with one attached hydrogen (secondary N) is 2. The van der Waals surface area contributed by atoms with Gasteiger partial charge in [0.1, 0.15) is 0 Å². The molecule has 138 valence electrons. The number of benzene rings is 1. The van der Waals surface area contributed by atoms with Crippen LogP contribution in [0.2, 0.25) is 0 Å². The Hall–Kier alpha value is -1.88. The van der Waals surface area contributed by atoms with Gasteiger partial charge < -0.3 is 10.6 Å². The summed E-state index contributed by atoms with van der Waals surface area (Å²) >= 11 is 0. The van der Waals surface area contributed by atoms with E-state index in [2.05, 4.69) is 29.4 Å². The van der Waals surface area contributed by atoms with E-state index >= 15 is 0 Å². The average molecular weight is 345 g/mol. The Bertz CT molecular complexity index is 596. The number of carbonyl (C=O) groups excluding carboxylic acids is 2. The van der Waals surface area contributed by atoms with Gasteiger partial charge >= 0.3 is 0 Å². The fourth-order valence-corrected chi connectivity index (χ4v) is 2.85. The molecule has 1 aliphatic rings. The first kappa shape index (κ1) is 19.4. The van der Waals surface area contributed by atoms with Gasteiger partial charge in [-0.15, -0.1) is 0 Å². The molecule has 0 spiro atoms. The molecule has 0 atom stereocenters. The van der Waals surface area contributed by atoms with Crippen molar-refractivity contribution in [1.29, 1.82) is 0 Å². The molecule has 2 rings (SSSR count). The van der Waals surface area contributed by atoms with E-state index in [1.807, 2.05) is 20.8 Å². The molecule has 1 aromatic carbocycles. The molecule has 2 N–H and O–H groups in total. The molecule has 0 aromatic heterocycles. The topological polar surface area (TPSA) is 61.4 Å². The molecular weight excluding hydrogens is 314 g/mol. The van der Waals surface area contributed by atoms with E-state index in [4.69, 9.17) is 0 Å². The lowest BCUT2D eigenvalue weighted by Gasteiger charge is -2.26. The van der Waals surface area contributed by atoms with Crippen molar-refractivity contribution in [2.45, 2.75) is 65.1 Å². The highest BCUT2D eigenvalue weighted by Crippen LogP contribution is 2.27. The van der Waals surface area contributed by atoms with Crippen LogP contribution in [0.15, 0.2) is 24.3 Å². The van der Waals surface area contributed by atoms with E-state index in [1.54, 1.807) is 24.3 Å². The first-order valence-corrected chi connectivity index (χ1v) is 9.14. The summed E-state index contributed by atoms with van der Waals surface area (Å²) in [6.45, 7) is 11.7. The third-order valence-electron chi connectivity index (χ3n) is 4.23. The van der Waals surface area contributed by atoms with Gasteiger partial charge in [0.2, 0.25) is 0 Å². The summed E-state index contributed by atoms with van der Waals surface area (Å²) in [5.41, 5.74) is 0.859. The zero-order chi connectivity index (χ0) is 18.6. The van der Waals surface area contributed by atoms with Gasteiger partial charge in [-0.2, -0.15) is 0 Å². The van der Waals surface area contributed by atoms with Gasteiger partial charge in [0.15, 0.2) is 0 Å². The van der Waals surface area contributed by atoms with Gasteiger partial charge in [-0.3, -0.25) is 14.5 Å². The number of rotatable bonds is 7. The van der Waals surface area contributed by atoms with E-state index in [0.717, 1.165) is 6.54 Å². The molecule has 0 aliphatic heterocycles. The molecule has 0 unspecified atom stereocenters. The summed E-state index contributed by atoms with van der Waals surface area (Å²) in [4.78, 5) is 26.8. The molecule has 0 bridgehead atoms. The lowest BCUT2D eigenvalue weighted by Crippen LogP contribution is -2.40. The normalized spacial score (nSPS) is 14.7. The lowest BCUT2D eigenvalue weighted by molar-refractivity contribution is 0.0914. The zero-order valence-electron chi connectivity index (χ0n) is 16.1. The molecule has 1 saturated carbocycles. The van der Waals surface area contributed by atoms with Gasteiger partial charge in [0.05, 0.1) is 0 Å². The highest BCUT2D eigenvalue weighted by atomic mass is 16.2. The second-order valence-corrected chi connectivity index (χ2v) is 8.10. The van der Waals surface area contributed by atoms with Crippen molar-refractivity contribution in [3.63, 3.8) is 0 Å². The maximum absolute atomic E-state index is 12.3. The molecule has 1 aliphatic carbocycles. The van der Waals surface area contributed by atoms with Crippen LogP contribution in [0, 0.1) is 0 Å². The van der Waals surface area contributed by atoms with E-state index < -0.39 is 0 Å². The highest BCUT2D eigenvalue weighted by Gasteiger charge is 2.30. The third kappa shape index (κ3) is 6.16. The molecule has 25 heavy (non-hydrogen) atoms. The van der Waals surface area contributed by atoms with Crippen LogP contribution in [0.25, 0.3) is 0 Å². The maximum atomic E-state index is 12.3. The molecule has 0 heterocycles. The first-order chi connectivity index (χ1) is 11.7. The van der Waals surface area contributed by atoms with Crippen LogP contribution in [-0.4, -0.2) is 47.4 Å². The molecule has 0 radical (unpaired) electrons. The van der Waals surface area contributed by atoms with Crippen molar-refractivity contribution in [2.75, 3.05) is 13.1 Å². The van der Waals surface area contributed by atoms with Gasteiger partial charge in [-0.1, -0.05) is 0 Å². The Labute approximate surface area is 151 Å². The molecule has 5 heteroatoms. The quantitative estimate of drug-likeness (QED) is 0.799. The summed E-state index contributed by atoms with van der Waals surface area (Å²) < 4.78 is 0. The molecule has 2 amide bonds. The predicted molar refractivity (Wildman–Crippen MR) is 101 cm³/mol. The van der Waals surface area contributed by atoms with Crippen molar-refractivity contribution in [1.82, 2.24) is 15.5 Å². The molecule has 1 aromatic rings. The number of amides is 2. The van der Waals surface area contributed by atoms with Crippen LogP contribution in [0.1, 0.15) is 68.2 Å².